The van der Waals surface area contributed by atoms with Crippen molar-refractivity contribution in [3.05, 3.63) is 62.0 Å². The number of hydrogen-bond acceptors (Lipinski definition) is 1. The number of nitrogens with one attached hydrogen (secondary N) is 1. The fourth-order valence-electron chi connectivity index (χ4n) is 2.18. The normalized spacial score (nSPS) is 12.3. The molecule has 0 aliphatic rings. The first-order valence-corrected chi connectivity index (χ1v) is 7.84. The number of rotatable bonds is 3. The molecule has 100 valence electrons. The van der Waals surface area contributed by atoms with Gasteiger partial charge in [0.05, 0.1) is 0 Å². The minimum Gasteiger partial charge on any atom is -0.378 e. The van der Waals surface area contributed by atoms with E-state index < -0.39 is 0 Å². The van der Waals surface area contributed by atoms with Crippen molar-refractivity contribution in [2.24, 2.45) is 0 Å². The molecule has 1 nitrogen and oxygen atoms in total. The first-order chi connectivity index (χ1) is 8.95. The molecule has 19 heavy (non-hydrogen) atoms. The number of halogens is 2. The molecular formula is C16H17Br2N. The minimum atomic E-state index is 0.274. The van der Waals surface area contributed by atoms with Gasteiger partial charge in [-0.1, -0.05) is 45.3 Å². The average Bonchev–Trinajstić information content (AvgIpc) is 2.31. The van der Waals surface area contributed by atoms with E-state index in [9.17, 15) is 0 Å². The van der Waals surface area contributed by atoms with Crippen LogP contribution in [0.2, 0.25) is 0 Å². The summed E-state index contributed by atoms with van der Waals surface area (Å²) in [6.07, 6.45) is 0. The Labute approximate surface area is 131 Å². The van der Waals surface area contributed by atoms with E-state index in [1.54, 1.807) is 0 Å². The molecule has 0 heterocycles. The fraction of sp³-hybridized carbons (Fsp3) is 0.250. The third-order valence-electron chi connectivity index (χ3n) is 3.05. The predicted molar refractivity (Wildman–Crippen MR) is 89.8 cm³/mol. The summed E-state index contributed by atoms with van der Waals surface area (Å²) in [6.45, 7) is 6.46. The molecule has 0 aromatic heterocycles. The highest BCUT2D eigenvalue weighted by Gasteiger charge is 2.08. The quantitative estimate of drug-likeness (QED) is 0.686. The molecule has 1 N–H and O–H groups in total. The molecule has 0 amide bonds. The van der Waals surface area contributed by atoms with Crippen LogP contribution in [-0.4, -0.2) is 0 Å². The van der Waals surface area contributed by atoms with E-state index in [1.807, 2.05) is 6.07 Å². The van der Waals surface area contributed by atoms with E-state index in [0.717, 1.165) is 14.6 Å². The molecule has 2 rings (SSSR count). The summed E-state index contributed by atoms with van der Waals surface area (Å²) in [5.41, 5.74) is 5.03. The number of anilines is 1. The Morgan fingerprint density at radius 1 is 0.947 bits per heavy atom. The van der Waals surface area contributed by atoms with Crippen LogP contribution in [0.25, 0.3) is 0 Å². The van der Waals surface area contributed by atoms with Crippen LogP contribution in [0.3, 0.4) is 0 Å². The molecule has 0 bridgehead atoms. The van der Waals surface area contributed by atoms with Crippen LogP contribution in [0, 0.1) is 13.8 Å². The van der Waals surface area contributed by atoms with Crippen molar-refractivity contribution in [3.63, 3.8) is 0 Å². The van der Waals surface area contributed by atoms with Gasteiger partial charge in [0, 0.05) is 20.7 Å². The summed E-state index contributed by atoms with van der Waals surface area (Å²) in [5.74, 6) is 0. The average molecular weight is 383 g/mol. The highest BCUT2D eigenvalue weighted by Crippen LogP contribution is 2.29. The third-order valence-corrected chi connectivity index (χ3v) is 4.20. The van der Waals surface area contributed by atoms with Gasteiger partial charge in [0.15, 0.2) is 0 Å². The van der Waals surface area contributed by atoms with Crippen LogP contribution in [0.1, 0.15) is 29.7 Å². The van der Waals surface area contributed by atoms with Gasteiger partial charge in [-0.2, -0.15) is 0 Å². The molecular weight excluding hydrogens is 366 g/mol. The smallest absolute Gasteiger partial charge is 0.0490 e. The van der Waals surface area contributed by atoms with Crippen LogP contribution in [0.15, 0.2) is 45.3 Å². The summed E-state index contributed by atoms with van der Waals surface area (Å²) >= 11 is 7.05. The summed E-state index contributed by atoms with van der Waals surface area (Å²) in [4.78, 5) is 0. The van der Waals surface area contributed by atoms with Crippen molar-refractivity contribution in [1.29, 1.82) is 0 Å². The van der Waals surface area contributed by atoms with Gasteiger partial charge in [0.25, 0.3) is 0 Å². The lowest BCUT2D eigenvalue weighted by molar-refractivity contribution is 0.879. The highest BCUT2D eigenvalue weighted by atomic mass is 79.9. The molecule has 3 heteroatoms. The summed E-state index contributed by atoms with van der Waals surface area (Å²) in [7, 11) is 0. The Morgan fingerprint density at radius 2 is 1.58 bits per heavy atom. The minimum absolute atomic E-state index is 0.274. The van der Waals surface area contributed by atoms with Crippen molar-refractivity contribution in [2.75, 3.05) is 5.32 Å². The number of hydrogen-bond donors (Lipinski definition) is 1. The Hall–Kier alpha value is -0.800. The molecule has 1 atom stereocenters. The monoisotopic (exact) mass is 381 g/mol. The largest absolute Gasteiger partial charge is 0.378 e. The van der Waals surface area contributed by atoms with Crippen LogP contribution >= 0.6 is 31.9 Å². The highest BCUT2D eigenvalue weighted by molar-refractivity contribution is 9.11. The van der Waals surface area contributed by atoms with E-state index in [2.05, 4.69) is 88.3 Å². The first kappa shape index (κ1) is 14.6. The zero-order valence-corrected chi connectivity index (χ0v) is 14.5. The van der Waals surface area contributed by atoms with Gasteiger partial charge in [-0.3, -0.25) is 0 Å². The van der Waals surface area contributed by atoms with Crippen molar-refractivity contribution in [3.8, 4) is 0 Å². The summed E-state index contributed by atoms with van der Waals surface area (Å²) in [6, 6.07) is 13.1. The molecule has 0 aliphatic carbocycles. The lowest BCUT2D eigenvalue weighted by atomic mass is 10.0. The maximum atomic E-state index is 3.58. The second kappa shape index (κ2) is 6.10. The van der Waals surface area contributed by atoms with Gasteiger partial charge in [0.1, 0.15) is 0 Å². The zero-order chi connectivity index (χ0) is 14.0. The number of aryl methyl sites for hydroxylation is 2. The van der Waals surface area contributed by atoms with Crippen LogP contribution in [0.5, 0.6) is 0 Å². The van der Waals surface area contributed by atoms with E-state index in [-0.39, 0.29) is 6.04 Å². The summed E-state index contributed by atoms with van der Waals surface area (Å²) in [5, 5.41) is 3.54. The van der Waals surface area contributed by atoms with Gasteiger partial charge in [-0.15, -0.1) is 0 Å². The van der Waals surface area contributed by atoms with Crippen molar-refractivity contribution in [2.45, 2.75) is 26.8 Å². The Balaban J connectivity index is 2.22. The molecule has 1 unspecified atom stereocenters. The molecule has 0 saturated carbocycles. The Kier molecular flexibility index (Phi) is 4.69. The maximum absolute atomic E-state index is 3.58. The molecule has 0 spiro atoms. The Bertz CT molecular complexity index is 573. The maximum Gasteiger partial charge on any atom is 0.0490 e. The lowest BCUT2D eigenvalue weighted by Crippen LogP contribution is -2.07. The van der Waals surface area contributed by atoms with Gasteiger partial charge < -0.3 is 5.32 Å². The van der Waals surface area contributed by atoms with E-state index in [1.165, 1.54) is 16.7 Å². The van der Waals surface area contributed by atoms with Crippen molar-refractivity contribution < 1.29 is 0 Å². The van der Waals surface area contributed by atoms with Crippen molar-refractivity contribution >= 4 is 37.5 Å². The molecule has 0 saturated heterocycles. The molecule has 0 radical (unpaired) electrons. The standard InChI is InChI=1S/C16H17Br2N/c1-10-6-11(2)8-13(7-10)12(3)19-16-5-4-14(17)9-15(16)18/h4-9,12,19H,1-3H3. The van der Waals surface area contributed by atoms with Crippen molar-refractivity contribution in [1.82, 2.24) is 0 Å². The van der Waals surface area contributed by atoms with Crippen LogP contribution < -0.4 is 5.32 Å². The topological polar surface area (TPSA) is 12.0 Å². The number of benzene rings is 2. The van der Waals surface area contributed by atoms with E-state index >= 15 is 0 Å². The van der Waals surface area contributed by atoms with Gasteiger partial charge in [-0.25, -0.2) is 0 Å². The fourth-order valence-corrected chi connectivity index (χ4v) is 3.34. The predicted octanol–water partition coefficient (Wildman–Crippen LogP) is 6.00. The third kappa shape index (κ3) is 3.83. The first-order valence-electron chi connectivity index (χ1n) is 6.25. The molecule has 0 fully saturated rings. The van der Waals surface area contributed by atoms with E-state index in [0.29, 0.717) is 0 Å². The van der Waals surface area contributed by atoms with Crippen LogP contribution in [0.4, 0.5) is 5.69 Å². The lowest BCUT2D eigenvalue weighted by Gasteiger charge is -2.18. The molecule has 0 aliphatic heterocycles. The van der Waals surface area contributed by atoms with Gasteiger partial charge in [0.2, 0.25) is 0 Å². The van der Waals surface area contributed by atoms with E-state index in [4.69, 9.17) is 0 Å². The Morgan fingerprint density at radius 3 is 2.16 bits per heavy atom. The molecule has 2 aromatic rings. The van der Waals surface area contributed by atoms with Gasteiger partial charge >= 0.3 is 0 Å². The summed E-state index contributed by atoms with van der Waals surface area (Å²) < 4.78 is 2.14. The molecule has 2 aromatic carbocycles. The second-order valence-corrected chi connectivity index (χ2v) is 6.68. The SMILES string of the molecule is Cc1cc(C)cc(C(C)Nc2ccc(Br)cc2Br)c1. The second-order valence-electron chi connectivity index (χ2n) is 4.91. The van der Waals surface area contributed by atoms with Crippen LogP contribution in [-0.2, 0) is 0 Å². The zero-order valence-electron chi connectivity index (χ0n) is 11.3. The van der Waals surface area contributed by atoms with Gasteiger partial charge in [-0.05, 0) is 60.5 Å².